The van der Waals surface area contributed by atoms with E-state index in [9.17, 15) is 145 Å². The van der Waals surface area contributed by atoms with E-state index in [4.69, 9.17) is 0 Å². The minimum atomic E-state index is -9.04. The molecule has 0 aromatic rings. The van der Waals surface area contributed by atoms with Crippen molar-refractivity contribution in [3.05, 3.63) is 0 Å². The quantitative estimate of drug-likeness (QED) is 0.102. The van der Waals surface area contributed by atoms with E-state index in [1.807, 2.05) is 0 Å². The second-order valence-corrected chi connectivity index (χ2v) is 9.83. The van der Waals surface area contributed by atoms with Gasteiger partial charge in [-0.2, -0.15) is 123 Å². The average Bonchev–Trinajstić information content (AvgIpc) is 2.97. The smallest absolute Gasteiger partial charge is 0.428 e. The first kappa shape index (κ1) is 51.0. The van der Waals surface area contributed by atoms with Gasteiger partial charge in [0, 0.05) is 0 Å². The van der Waals surface area contributed by atoms with E-state index in [1.165, 1.54) is 0 Å². The van der Waals surface area contributed by atoms with Crippen LogP contribution in [0.1, 0.15) is 0 Å². The summed E-state index contributed by atoms with van der Waals surface area (Å²) in [5, 5.41) is 0. The molecule has 324 valence electrons. The van der Waals surface area contributed by atoms with Crippen molar-refractivity contribution in [2.24, 2.45) is 0 Å². The second-order valence-electron chi connectivity index (χ2n) is 9.83. The zero-order valence-corrected chi connectivity index (χ0v) is 23.4. The fourth-order valence-corrected chi connectivity index (χ4v) is 2.86. The molecule has 0 N–H and O–H groups in total. The Hall–Kier alpha value is -2.97. The number of carbonyl (C=O) groups is 1. The number of halogens is 32. The lowest BCUT2D eigenvalue weighted by molar-refractivity contribution is -0.448. The van der Waals surface area contributed by atoms with Crippen molar-refractivity contribution in [3.63, 3.8) is 0 Å². The van der Waals surface area contributed by atoms with Gasteiger partial charge in [0.15, 0.2) is 13.2 Å². The summed E-state index contributed by atoms with van der Waals surface area (Å²) in [6.45, 7) is -8.65. The van der Waals surface area contributed by atoms with E-state index in [1.54, 1.807) is 0 Å². The van der Waals surface area contributed by atoms with Gasteiger partial charge in [-0.1, -0.05) is 0 Å². The monoisotopic (exact) mass is 890 g/mol. The summed E-state index contributed by atoms with van der Waals surface area (Å²) in [7, 11) is 0. The van der Waals surface area contributed by atoms with E-state index in [0.717, 1.165) is 0 Å². The van der Waals surface area contributed by atoms with Crippen LogP contribution in [0.15, 0.2) is 0 Å². The fraction of sp³-hybridized carbons (Fsp3) is 0.947. The number of rotatable bonds is 18. The molecule has 0 fully saturated rings. The molecule has 54 heavy (non-hydrogen) atoms. The molecular formula is C19H6F32O3. The third kappa shape index (κ3) is 6.79. The van der Waals surface area contributed by atoms with Gasteiger partial charge >= 0.3 is 102 Å². The SMILES string of the molecule is O=C(OCC(F)(F)C(F)(F)C(F)(F)C(F)(F)C(F)(F)C(F)(F)C(F)(F)C(F)F)OCC(F)(F)C(F)(F)C(F)(F)C(F)(F)C(F)(F)C(F)(F)C(F)(F)C(F)F. The molecule has 0 saturated heterocycles. The maximum Gasteiger partial charge on any atom is 0.508 e. The van der Waals surface area contributed by atoms with Gasteiger partial charge in [-0.3, -0.25) is 0 Å². The van der Waals surface area contributed by atoms with Crippen LogP contribution in [-0.4, -0.2) is 115 Å². The predicted octanol–water partition coefficient (Wildman–Crippen LogP) is 10.6. The Morgan fingerprint density at radius 3 is 0.667 bits per heavy atom. The van der Waals surface area contributed by atoms with Crippen LogP contribution in [0.25, 0.3) is 0 Å². The second kappa shape index (κ2) is 13.6. The number of carbonyl (C=O) groups excluding carboxylic acids is 1. The fourth-order valence-electron chi connectivity index (χ4n) is 2.86. The van der Waals surface area contributed by atoms with E-state index in [0.29, 0.717) is 0 Å². The zero-order chi connectivity index (χ0) is 44.6. The summed E-state index contributed by atoms with van der Waals surface area (Å²) in [6.07, 6.45) is -16.4. The van der Waals surface area contributed by atoms with Gasteiger partial charge in [-0.15, -0.1) is 0 Å². The van der Waals surface area contributed by atoms with Gasteiger partial charge in [-0.05, 0) is 0 Å². The molecule has 0 aromatic heterocycles. The van der Waals surface area contributed by atoms with Crippen molar-refractivity contribution in [2.75, 3.05) is 13.2 Å². The van der Waals surface area contributed by atoms with E-state index >= 15 is 0 Å². The van der Waals surface area contributed by atoms with Crippen molar-refractivity contribution >= 4 is 6.16 Å². The Bertz CT molecular complexity index is 1230. The molecule has 35 heteroatoms. The normalized spacial score (nSPS) is 16.3. The van der Waals surface area contributed by atoms with Gasteiger partial charge in [0.25, 0.3) is 0 Å². The summed E-state index contributed by atoms with van der Waals surface area (Å²) in [5.41, 5.74) is 0. The molecule has 0 aliphatic carbocycles. The van der Waals surface area contributed by atoms with Crippen molar-refractivity contribution < 1.29 is 155 Å². The summed E-state index contributed by atoms with van der Waals surface area (Å²) in [6, 6.07) is 0. The van der Waals surface area contributed by atoms with Gasteiger partial charge in [-0.25, -0.2) is 22.4 Å². The average molecular weight is 890 g/mol. The molecule has 0 bridgehead atoms. The molecule has 0 saturated carbocycles. The van der Waals surface area contributed by atoms with Crippen molar-refractivity contribution in [2.45, 2.75) is 95.8 Å². The number of alkyl halides is 32. The van der Waals surface area contributed by atoms with Crippen LogP contribution in [0.2, 0.25) is 0 Å². The Labute approximate surface area is 271 Å². The lowest BCUT2D eigenvalue weighted by Crippen LogP contribution is -2.74. The van der Waals surface area contributed by atoms with Crippen LogP contribution >= 0.6 is 0 Å². The van der Waals surface area contributed by atoms with Crippen LogP contribution in [0.4, 0.5) is 145 Å². The first-order valence-electron chi connectivity index (χ1n) is 11.6. The first-order chi connectivity index (χ1) is 23.0. The summed E-state index contributed by atoms with van der Waals surface area (Å²) >= 11 is 0. The highest BCUT2D eigenvalue weighted by Crippen LogP contribution is 2.64. The molecule has 0 atom stereocenters. The highest BCUT2D eigenvalue weighted by molar-refractivity contribution is 5.60. The predicted molar refractivity (Wildman–Crippen MR) is 98.6 cm³/mol. The van der Waals surface area contributed by atoms with Crippen molar-refractivity contribution in [1.82, 2.24) is 0 Å². The van der Waals surface area contributed by atoms with Crippen molar-refractivity contribution in [1.29, 1.82) is 0 Å². The lowest BCUT2D eigenvalue weighted by atomic mass is 9.89. The van der Waals surface area contributed by atoms with E-state index in [-0.39, 0.29) is 0 Å². The molecule has 0 aliphatic heterocycles. The van der Waals surface area contributed by atoms with E-state index in [2.05, 4.69) is 9.47 Å². The van der Waals surface area contributed by atoms with Gasteiger partial charge < -0.3 is 9.47 Å². The molecule has 0 aromatic carbocycles. The van der Waals surface area contributed by atoms with Crippen LogP contribution in [-0.2, 0) is 9.47 Å². The third-order valence-electron chi connectivity index (χ3n) is 6.20. The molecule has 0 aliphatic rings. The Morgan fingerprint density at radius 2 is 0.481 bits per heavy atom. The molecule has 0 amide bonds. The number of ether oxygens (including phenoxy) is 2. The number of hydrogen-bond donors (Lipinski definition) is 0. The highest BCUT2D eigenvalue weighted by Gasteiger charge is 2.95. The molecule has 0 rings (SSSR count). The minimum Gasteiger partial charge on any atom is -0.428 e. The summed E-state index contributed by atoms with van der Waals surface area (Å²) in [4.78, 5) is 11.0. The summed E-state index contributed by atoms with van der Waals surface area (Å²) in [5.74, 6) is -119. The van der Waals surface area contributed by atoms with Crippen LogP contribution in [0.3, 0.4) is 0 Å². The summed E-state index contributed by atoms with van der Waals surface area (Å²) < 4.78 is 428. The lowest BCUT2D eigenvalue weighted by Gasteiger charge is -2.42. The molecule has 3 nitrogen and oxygen atoms in total. The van der Waals surface area contributed by atoms with Crippen molar-refractivity contribution in [3.8, 4) is 0 Å². The topological polar surface area (TPSA) is 35.5 Å². The van der Waals surface area contributed by atoms with Crippen LogP contribution < -0.4 is 0 Å². The minimum absolute atomic E-state index is 2.45. The standard InChI is InChI=1S/C19H6F32O3/c20-3(21)8(28,29)12(36,37)16(44,45)18(48,49)14(40,41)10(32,33)6(24,25)1-53-5(52)54-2-7(26,27)11(34,35)15(42,43)19(50,51)17(46,47)13(38,39)9(30,31)4(22)23/h3-4H,1-2H2. The Morgan fingerprint density at radius 1 is 0.315 bits per heavy atom. The Kier molecular flexibility index (Phi) is 12.9. The van der Waals surface area contributed by atoms with Gasteiger partial charge in [0.05, 0.1) is 0 Å². The van der Waals surface area contributed by atoms with Crippen LogP contribution in [0, 0.1) is 0 Å². The molecule has 0 spiro atoms. The molecular weight excluding hydrogens is 884 g/mol. The Balaban J connectivity index is 6.42. The molecule has 0 unspecified atom stereocenters. The first-order valence-corrected chi connectivity index (χ1v) is 11.6. The zero-order valence-electron chi connectivity index (χ0n) is 23.4. The number of hydrogen-bond acceptors (Lipinski definition) is 3. The maximum absolute atomic E-state index is 13.7. The van der Waals surface area contributed by atoms with Crippen LogP contribution in [0.5, 0.6) is 0 Å². The largest absolute Gasteiger partial charge is 0.508 e. The van der Waals surface area contributed by atoms with Gasteiger partial charge in [0.2, 0.25) is 0 Å². The molecule has 0 heterocycles. The maximum atomic E-state index is 13.7. The van der Waals surface area contributed by atoms with E-state index < -0.39 is 115 Å². The highest BCUT2D eigenvalue weighted by atomic mass is 19.4. The molecule has 0 radical (unpaired) electrons. The van der Waals surface area contributed by atoms with Gasteiger partial charge in [0.1, 0.15) is 0 Å². The third-order valence-corrected chi connectivity index (χ3v) is 6.20.